The first-order valence-electron chi connectivity index (χ1n) is 30.0. The fourth-order valence-corrected chi connectivity index (χ4v) is 8.66. The van der Waals surface area contributed by atoms with Gasteiger partial charge in [0.2, 0.25) is 0 Å². The van der Waals surface area contributed by atoms with Crippen molar-refractivity contribution in [3.05, 3.63) is 108 Å². The summed E-state index contributed by atoms with van der Waals surface area (Å²) < 4.78 is 71.7. The van der Waals surface area contributed by atoms with Gasteiger partial charge in [-0.15, -0.1) is 0 Å². The third-order valence-corrected chi connectivity index (χ3v) is 12.1. The van der Waals surface area contributed by atoms with Crippen molar-refractivity contribution >= 4 is 54.5 Å². The summed E-state index contributed by atoms with van der Waals surface area (Å²) in [6.07, 6.45) is -16.6. The molecule has 6 N–H and O–H groups in total. The van der Waals surface area contributed by atoms with Crippen molar-refractivity contribution in [2.75, 3.05) is 33.4 Å². The molecule has 3 aromatic rings. The van der Waals surface area contributed by atoms with Crippen LogP contribution in [0.2, 0.25) is 0 Å². The van der Waals surface area contributed by atoms with E-state index in [1.165, 1.54) is 0 Å². The number of esters is 3. The first kappa shape index (κ1) is 76.0. The van der Waals surface area contributed by atoms with Gasteiger partial charge in [-0.1, -0.05) is 91.0 Å². The standard InChI is InChI=1S/C65H94N6O21/c1-59(2,3)87-53(75)66-35-42(69-56(78)90-62(10,11)12)49(72)84-46-45(38-82-65(39-29-23-20-24-30-39,40-31-25-21-26-32-40)41-33-27-22-28-34-41)83-52(81-19)48(86-51(74)44(71-58(80)92-64(16,17)18)37-68-55(77)89-61(7,8)9)47(46)85-50(73)43(70-57(79)91-63(13,14)15)36-67-54(76)88-60(4,5)6/h20-34,42-48,52H,35-38H2,1-19H3,(H,66,75)(H,67,76)(H,68,77)(H,69,78)(H,70,79)(H,71,80)/t42-,43-,44-,45+,46+,47-,48+,52-/m0/s1. The summed E-state index contributed by atoms with van der Waals surface area (Å²) in [5, 5.41) is 14.5. The molecule has 0 bridgehead atoms. The Morgan fingerprint density at radius 2 is 0.641 bits per heavy atom. The topological polar surface area (TPSA) is 337 Å². The molecule has 1 aliphatic heterocycles. The minimum atomic E-state index is -2.20. The van der Waals surface area contributed by atoms with E-state index >= 15 is 14.4 Å². The predicted octanol–water partition coefficient (Wildman–Crippen LogP) is 8.36. The number of hydrogen-bond donors (Lipinski definition) is 6. The maximum Gasteiger partial charge on any atom is 0.408 e. The summed E-state index contributed by atoms with van der Waals surface area (Å²) in [4.78, 5) is 126. The third kappa shape index (κ3) is 26.1. The molecule has 1 heterocycles. The lowest BCUT2D eigenvalue weighted by Gasteiger charge is -2.46. The van der Waals surface area contributed by atoms with E-state index in [0.717, 1.165) is 7.11 Å². The van der Waals surface area contributed by atoms with Crippen molar-refractivity contribution in [2.45, 2.75) is 213 Å². The Kier molecular flexibility index (Phi) is 26.6. The highest BCUT2D eigenvalue weighted by Crippen LogP contribution is 2.42. The molecule has 0 spiro atoms. The van der Waals surface area contributed by atoms with Crippen LogP contribution in [0.3, 0.4) is 0 Å². The Labute approximate surface area is 538 Å². The summed E-state index contributed by atoms with van der Waals surface area (Å²) in [6.45, 7) is 25.5. The van der Waals surface area contributed by atoms with E-state index < -0.39 is 169 Å². The van der Waals surface area contributed by atoms with Crippen LogP contribution in [-0.2, 0) is 76.8 Å². The molecule has 0 aromatic heterocycles. The predicted molar refractivity (Wildman–Crippen MR) is 333 cm³/mol. The van der Waals surface area contributed by atoms with Crippen molar-refractivity contribution < 1.29 is 100.0 Å². The van der Waals surface area contributed by atoms with Gasteiger partial charge < -0.3 is 88.7 Å². The quantitative estimate of drug-likeness (QED) is 0.0312. The second kappa shape index (κ2) is 32.2. The van der Waals surface area contributed by atoms with Crippen LogP contribution in [-0.4, -0.2) is 170 Å². The van der Waals surface area contributed by atoms with E-state index in [9.17, 15) is 28.8 Å². The van der Waals surface area contributed by atoms with Gasteiger partial charge in [0.25, 0.3) is 0 Å². The van der Waals surface area contributed by atoms with E-state index in [0.29, 0.717) is 16.7 Å². The normalized spacial score (nSPS) is 18.1. The molecule has 0 radical (unpaired) electrons. The monoisotopic (exact) mass is 1290 g/mol. The van der Waals surface area contributed by atoms with E-state index in [1.807, 2.05) is 54.6 Å². The average Bonchev–Trinajstić information content (AvgIpc) is 0.759. The highest BCUT2D eigenvalue weighted by molar-refractivity contribution is 5.85. The van der Waals surface area contributed by atoms with Gasteiger partial charge in [-0.2, -0.15) is 0 Å². The van der Waals surface area contributed by atoms with Gasteiger partial charge in [0.1, 0.15) is 63.4 Å². The Morgan fingerprint density at radius 3 is 0.913 bits per heavy atom. The number of hydrogen-bond acceptors (Lipinski definition) is 21. The van der Waals surface area contributed by atoms with Crippen LogP contribution in [0.1, 0.15) is 141 Å². The molecule has 1 fully saturated rings. The third-order valence-electron chi connectivity index (χ3n) is 12.1. The summed E-state index contributed by atoms with van der Waals surface area (Å²) >= 11 is 0. The zero-order valence-electron chi connectivity index (χ0n) is 56.2. The summed E-state index contributed by atoms with van der Waals surface area (Å²) in [7, 11) is 1.14. The molecule has 92 heavy (non-hydrogen) atoms. The SMILES string of the molecule is CO[C@H]1O[C@H](COC(c2ccccc2)(c2ccccc2)c2ccccc2)[C@@H](OC(=O)[C@H](CNC(=O)OC(C)(C)C)NC(=O)OC(C)(C)C)[C@H](OC(=O)[C@H](CNC(=O)OC(C)(C)C)NC(=O)OC(C)(C)C)[C@H]1OC(=O)[C@H](CNC(=O)OC(C)(C)C)NC(=O)OC(C)(C)C. The number of amides is 6. The molecular formula is C65H94N6O21. The highest BCUT2D eigenvalue weighted by Gasteiger charge is 2.55. The number of rotatable bonds is 22. The zero-order chi connectivity index (χ0) is 69.2. The lowest BCUT2D eigenvalue weighted by atomic mass is 9.80. The summed E-state index contributed by atoms with van der Waals surface area (Å²) in [5.41, 5.74) is -6.28. The number of benzene rings is 3. The fourth-order valence-electron chi connectivity index (χ4n) is 8.66. The number of methoxy groups -OCH3 is 1. The Bertz CT molecular complexity index is 2850. The Balaban J connectivity index is 2.10. The number of carbonyl (C=O) groups is 9. The van der Waals surface area contributed by atoms with E-state index in [4.69, 9.17) is 56.8 Å². The van der Waals surface area contributed by atoms with Gasteiger partial charge in [-0.3, -0.25) is 0 Å². The molecule has 0 aliphatic carbocycles. The van der Waals surface area contributed by atoms with E-state index in [2.05, 4.69) is 31.9 Å². The largest absolute Gasteiger partial charge is 0.454 e. The highest BCUT2D eigenvalue weighted by atomic mass is 16.7. The van der Waals surface area contributed by atoms with Crippen LogP contribution in [0, 0.1) is 0 Å². The van der Waals surface area contributed by atoms with Crippen LogP contribution < -0.4 is 31.9 Å². The molecule has 6 amide bonds. The molecule has 0 unspecified atom stereocenters. The minimum absolute atomic E-state index is 0.590. The van der Waals surface area contributed by atoms with Gasteiger partial charge in [-0.05, 0) is 141 Å². The van der Waals surface area contributed by atoms with Gasteiger partial charge >= 0.3 is 54.5 Å². The van der Waals surface area contributed by atoms with Crippen LogP contribution >= 0.6 is 0 Å². The smallest absolute Gasteiger partial charge is 0.408 e. The van der Waals surface area contributed by atoms with E-state index in [1.54, 1.807) is 161 Å². The Hall–Kier alpha value is -8.43. The van der Waals surface area contributed by atoms with Crippen LogP contribution in [0.5, 0.6) is 0 Å². The molecule has 1 saturated heterocycles. The van der Waals surface area contributed by atoms with Crippen molar-refractivity contribution in [3.8, 4) is 0 Å². The van der Waals surface area contributed by atoms with Crippen LogP contribution in [0.15, 0.2) is 91.0 Å². The van der Waals surface area contributed by atoms with Crippen LogP contribution in [0.4, 0.5) is 28.8 Å². The Morgan fingerprint density at radius 1 is 0.380 bits per heavy atom. The molecule has 8 atom stereocenters. The van der Waals surface area contributed by atoms with Gasteiger partial charge in [0.15, 0.2) is 24.6 Å². The van der Waals surface area contributed by atoms with Crippen molar-refractivity contribution in [3.63, 3.8) is 0 Å². The maximum absolute atomic E-state index is 15.3. The number of alkyl carbamates (subject to hydrolysis) is 6. The molecule has 4 rings (SSSR count). The molecule has 27 heteroatoms. The first-order chi connectivity index (χ1) is 42.5. The fraction of sp³-hybridized carbons (Fsp3) is 0.585. The zero-order valence-corrected chi connectivity index (χ0v) is 56.2. The van der Waals surface area contributed by atoms with Gasteiger partial charge in [0.05, 0.1) is 26.2 Å². The molecule has 0 saturated carbocycles. The van der Waals surface area contributed by atoms with Crippen molar-refractivity contribution in [2.24, 2.45) is 0 Å². The minimum Gasteiger partial charge on any atom is -0.454 e. The lowest BCUT2D eigenvalue weighted by Crippen LogP contribution is -2.65. The van der Waals surface area contributed by atoms with Gasteiger partial charge in [0, 0.05) is 7.11 Å². The molecule has 3 aromatic carbocycles. The second-order valence-electron chi connectivity index (χ2n) is 27.3. The maximum atomic E-state index is 15.3. The van der Waals surface area contributed by atoms with Gasteiger partial charge in [-0.25, -0.2) is 43.2 Å². The van der Waals surface area contributed by atoms with Crippen molar-refractivity contribution in [1.29, 1.82) is 0 Å². The van der Waals surface area contributed by atoms with Crippen molar-refractivity contribution in [1.82, 2.24) is 31.9 Å². The summed E-state index contributed by atoms with van der Waals surface area (Å²) in [6, 6.07) is 21.5. The average molecular weight is 1300 g/mol. The summed E-state index contributed by atoms with van der Waals surface area (Å²) in [5.74, 6) is -4.15. The molecule has 27 nitrogen and oxygen atoms in total. The number of ether oxygens (including phenoxy) is 12. The lowest BCUT2D eigenvalue weighted by molar-refractivity contribution is -0.307. The molecule has 1 aliphatic rings. The first-order valence-corrected chi connectivity index (χ1v) is 30.0. The second-order valence-corrected chi connectivity index (χ2v) is 27.3. The van der Waals surface area contributed by atoms with E-state index in [-0.39, 0.29) is 0 Å². The number of carbonyl (C=O) groups excluding carboxylic acids is 9. The number of nitrogens with one attached hydrogen (secondary N) is 6. The molecular weight excluding hydrogens is 1200 g/mol. The molecule has 510 valence electrons. The van der Waals surface area contributed by atoms with Crippen LogP contribution in [0.25, 0.3) is 0 Å².